The summed E-state index contributed by atoms with van der Waals surface area (Å²) in [5, 5.41) is 2.57. The summed E-state index contributed by atoms with van der Waals surface area (Å²) in [6, 6.07) is 3.94. The molecule has 1 aromatic carbocycles. The Morgan fingerprint density at radius 3 is 2.25 bits per heavy atom. The maximum atomic E-state index is 12.7. The van der Waals surface area contributed by atoms with E-state index < -0.39 is 18.9 Å². The summed E-state index contributed by atoms with van der Waals surface area (Å²) >= 11 is 0. The molecule has 0 bridgehead atoms. The van der Waals surface area contributed by atoms with E-state index in [-0.39, 0.29) is 11.1 Å². The van der Waals surface area contributed by atoms with Gasteiger partial charge >= 0.3 is 0 Å². The minimum atomic E-state index is -2.64. The van der Waals surface area contributed by atoms with E-state index in [1.54, 1.807) is 6.92 Å². The van der Waals surface area contributed by atoms with Crippen molar-refractivity contribution in [2.75, 3.05) is 6.54 Å². The van der Waals surface area contributed by atoms with Gasteiger partial charge in [0.2, 0.25) is 0 Å². The topological polar surface area (TPSA) is 12.0 Å². The van der Waals surface area contributed by atoms with Crippen LogP contribution in [0.25, 0.3) is 0 Å². The predicted molar refractivity (Wildman–Crippen MR) is 53.8 cm³/mol. The van der Waals surface area contributed by atoms with E-state index in [1.165, 1.54) is 18.2 Å². The van der Waals surface area contributed by atoms with E-state index in [2.05, 4.69) is 5.32 Å². The molecule has 0 saturated heterocycles. The van der Waals surface area contributed by atoms with Crippen LogP contribution in [0.5, 0.6) is 0 Å². The van der Waals surface area contributed by atoms with Gasteiger partial charge in [0.25, 0.3) is 12.9 Å². The van der Waals surface area contributed by atoms with Gasteiger partial charge in [0, 0.05) is 5.56 Å². The fourth-order valence-corrected chi connectivity index (χ4v) is 1.46. The van der Waals surface area contributed by atoms with Gasteiger partial charge in [-0.2, -0.15) is 0 Å². The van der Waals surface area contributed by atoms with Crippen LogP contribution in [-0.4, -0.2) is 13.0 Å². The van der Waals surface area contributed by atoms with Crippen LogP contribution in [0.2, 0.25) is 0 Å². The minimum absolute atomic E-state index is 0.189. The van der Waals surface area contributed by atoms with Crippen molar-refractivity contribution >= 4 is 0 Å². The van der Waals surface area contributed by atoms with Gasteiger partial charge in [0.05, 0.1) is 6.04 Å². The highest BCUT2D eigenvalue weighted by molar-refractivity contribution is 5.27. The summed E-state index contributed by atoms with van der Waals surface area (Å²) in [7, 11) is 0. The molecular formula is C11H13F4N. The molecule has 0 amide bonds. The third-order valence-electron chi connectivity index (χ3n) is 2.20. The molecule has 1 unspecified atom stereocenters. The van der Waals surface area contributed by atoms with Crippen LogP contribution in [0, 0.1) is 0 Å². The Morgan fingerprint density at radius 2 is 1.75 bits per heavy atom. The monoisotopic (exact) mass is 235 g/mol. The molecule has 1 rings (SSSR count). The lowest BCUT2D eigenvalue weighted by Gasteiger charge is -2.17. The number of hydrogen-bond donors (Lipinski definition) is 1. The molecule has 5 heteroatoms. The molecule has 1 aromatic rings. The number of alkyl halides is 4. The maximum absolute atomic E-state index is 12.7. The van der Waals surface area contributed by atoms with Crippen LogP contribution >= 0.6 is 0 Å². The molecule has 1 atom stereocenters. The summed E-state index contributed by atoms with van der Waals surface area (Å²) < 4.78 is 50.1. The molecule has 0 heterocycles. The summed E-state index contributed by atoms with van der Waals surface area (Å²) in [5.74, 6) is 0. The second-order valence-corrected chi connectivity index (χ2v) is 3.34. The third-order valence-corrected chi connectivity index (χ3v) is 2.20. The second kappa shape index (κ2) is 5.84. The van der Waals surface area contributed by atoms with Gasteiger partial charge in [-0.3, -0.25) is 0 Å². The maximum Gasteiger partial charge on any atom is 0.263 e. The van der Waals surface area contributed by atoms with Crippen LogP contribution in [0.1, 0.15) is 30.5 Å². The Kier molecular flexibility index (Phi) is 4.73. The first-order chi connectivity index (χ1) is 7.56. The van der Waals surface area contributed by atoms with Crippen LogP contribution in [-0.2, 0) is 0 Å². The highest BCUT2D eigenvalue weighted by Crippen LogP contribution is 2.25. The number of benzene rings is 1. The van der Waals surface area contributed by atoms with E-state index in [9.17, 15) is 17.6 Å². The van der Waals surface area contributed by atoms with E-state index in [1.807, 2.05) is 0 Å². The largest absolute Gasteiger partial charge is 0.306 e. The normalized spacial score (nSPS) is 13.4. The van der Waals surface area contributed by atoms with E-state index in [0.29, 0.717) is 6.54 Å². The standard InChI is InChI=1S/C11H13F4N/c1-2-16-9(11(14)15)7-4-3-5-8(6-7)10(12)13/h3-6,9-11,16H,2H2,1H3. The minimum Gasteiger partial charge on any atom is -0.306 e. The second-order valence-electron chi connectivity index (χ2n) is 3.34. The Bertz CT molecular complexity index is 328. The van der Waals surface area contributed by atoms with Crippen LogP contribution in [0.3, 0.4) is 0 Å². The lowest BCUT2D eigenvalue weighted by atomic mass is 10.0. The zero-order valence-electron chi connectivity index (χ0n) is 8.76. The Hall–Kier alpha value is -1.10. The zero-order chi connectivity index (χ0) is 12.1. The zero-order valence-corrected chi connectivity index (χ0v) is 8.76. The fourth-order valence-electron chi connectivity index (χ4n) is 1.46. The van der Waals surface area contributed by atoms with Crippen molar-refractivity contribution in [3.05, 3.63) is 35.4 Å². The van der Waals surface area contributed by atoms with Crippen molar-refractivity contribution in [2.24, 2.45) is 0 Å². The van der Waals surface area contributed by atoms with Crippen molar-refractivity contribution in [2.45, 2.75) is 25.8 Å². The first-order valence-electron chi connectivity index (χ1n) is 4.95. The molecule has 0 aliphatic rings. The first kappa shape index (κ1) is 13.0. The average molecular weight is 235 g/mol. The summed E-state index contributed by atoms with van der Waals surface area (Å²) in [6.07, 6.45) is -5.26. The average Bonchev–Trinajstić information content (AvgIpc) is 2.25. The number of hydrogen-bond acceptors (Lipinski definition) is 1. The van der Waals surface area contributed by atoms with Crippen molar-refractivity contribution in [1.29, 1.82) is 0 Å². The summed E-state index contributed by atoms with van der Waals surface area (Å²) in [6.45, 7) is 2.04. The highest BCUT2D eigenvalue weighted by Gasteiger charge is 2.22. The van der Waals surface area contributed by atoms with Crippen molar-refractivity contribution in [3.8, 4) is 0 Å². The number of halogens is 4. The van der Waals surface area contributed by atoms with Crippen molar-refractivity contribution < 1.29 is 17.6 Å². The summed E-state index contributed by atoms with van der Waals surface area (Å²) in [5.41, 5.74) is -0.0456. The molecule has 90 valence electrons. The van der Waals surface area contributed by atoms with Crippen LogP contribution < -0.4 is 5.32 Å². The Morgan fingerprint density at radius 1 is 1.12 bits per heavy atom. The lowest BCUT2D eigenvalue weighted by Crippen LogP contribution is -2.27. The number of rotatable bonds is 5. The van der Waals surface area contributed by atoms with Crippen molar-refractivity contribution in [3.63, 3.8) is 0 Å². The summed E-state index contributed by atoms with van der Waals surface area (Å²) in [4.78, 5) is 0. The lowest BCUT2D eigenvalue weighted by molar-refractivity contribution is 0.0988. The molecule has 1 N–H and O–H groups in total. The highest BCUT2D eigenvalue weighted by atomic mass is 19.3. The van der Waals surface area contributed by atoms with E-state index >= 15 is 0 Å². The van der Waals surface area contributed by atoms with E-state index in [4.69, 9.17) is 0 Å². The first-order valence-corrected chi connectivity index (χ1v) is 4.95. The van der Waals surface area contributed by atoms with Crippen LogP contribution in [0.15, 0.2) is 24.3 Å². The number of nitrogens with one attached hydrogen (secondary N) is 1. The fraction of sp³-hybridized carbons (Fsp3) is 0.455. The van der Waals surface area contributed by atoms with Gasteiger partial charge in [-0.15, -0.1) is 0 Å². The Labute approximate surface area is 91.5 Å². The van der Waals surface area contributed by atoms with Gasteiger partial charge < -0.3 is 5.32 Å². The molecule has 1 nitrogen and oxygen atoms in total. The van der Waals surface area contributed by atoms with Gasteiger partial charge in [-0.1, -0.05) is 25.1 Å². The predicted octanol–water partition coefficient (Wildman–Crippen LogP) is 3.54. The molecule has 0 aliphatic carbocycles. The van der Waals surface area contributed by atoms with Gasteiger partial charge in [0.1, 0.15) is 0 Å². The molecule has 0 saturated carbocycles. The molecule has 0 fully saturated rings. The molecular weight excluding hydrogens is 222 g/mol. The van der Waals surface area contributed by atoms with Gasteiger partial charge in [-0.25, -0.2) is 17.6 Å². The molecule has 0 spiro atoms. The molecule has 0 radical (unpaired) electrons. The quantitative estimate of drug-likeness (QED) is 0.770. The van der Waals surface area contributed by atoms with Crippen molar-refractivity contribution in [1.82, 2.24) is 5.32 Å². The van der Waals surface area contributed by atoms with E-state index in [0.717, 1.165) is 6.07 Å². The third kappa shape index (κ3) is 3.20. The SMILES string of the molecule is CCNC(c1cccc(C(F)F)c1)C(F)F. The molecule has 16 heavy (non-hydrogen) atoms. The molecule has 0 aliphatic heterocycles. The molecule has 0 aromatic heterocycles. The van der Waals surface area contributed by atoms with Gasteiger partial charge in [0.15, 0.2) is 0 Å². The Balaban J connectivity index is 2.95. The van der Waals surface area contributed by atoms with Gasteiger partial charge in [-0.05, 0) is 18.2 Å². The van der Waals surface area contributed by atoms with Crippen LogP contribution in [0.4, 0.5) is 17.6 Å². The smallest absolute Gasteiger partial charge is 0.263 e.